The van der Waals surface area contributed by atoms with Crippen molar-refractivity contribution in [3.8, 4) is 11.5 Å². The number of likely N-dealkylation sites (N-methyl/N-ethyl adjacent to an activating group) is 1. The summed E-state index contributed by atoms with van der Waals surface area (Å²) in [5.41, 5.74) is 8.70. The summed E-state index contributed by atoms with van der Waals surface area (Å²) >= 11 is 1.30. The van der Waals surface area contributed by atoms with Gasteiger partial charge >= 0.3 is 0 Å². The number of rotatable bonds is 0. The van der Waals surface area contributed by atoms with Crippen LogP contribution in [0, 0.1) is 5.92 Å². The van der Waals surface area contributed by atoms with Crippen molar-refractivity contribution < 1.29 is 14.9 Å². The lowest BCUT2D eigenvalue weighted by Crippen LogP contribution is -2.64. The Kier molecular flexibility index (Phi) is 2.46. The number of aliphatic hydroxyl groups excluding tert-OH is 1. The minimum Gasteiger partial charge on any atom is -0.503 e. The number of aromatic nitrogens is 1. The van der Waals surface area contributed by atoms with E-state index in [1.54, 1.807) is 0 Å². The highest BCUT2D eigenvalue weighted by Crippen LogP contribution is 2.64. The van der Waals surface area contributed by atoms with Crippen LogP contribution in [0.1, 0.15) is 17.5 Å². The van der Waals surface area contributed by atoms with Crippen molar-refractivity contribution in [3.05, 3.63) is 23.3 Å². The standard InChI is InChI=1S/C18H19N3O3S/c1-21-5-4-18-8-2-3-10(22)16(18)24-14-11(18)7(6-9(8)21)12-15(13(14)23)25-17(19)20-12/h2-3,8-10,16,22-23H,4-6H2,1H3,(H2,19,20)/t8-,9+,10-,16-,18-/m0/s1. The Morgan fingerprint density at radius 2 is 2.28 bits per heavy atom. The first-order valence-corrected chi connectivity index (χ1v) is 9.51. The molecule has 1 aromatic heterocycles. The van der Waals surface area contributed by atoms with E-state index in [4.69, 9.17) is 10.5 Å². The molecule has 2 aromatic rings. The SMILES string of the molecule is CN1CC[C@@]23c4c5c(O)c6sc(N)nc6c4C[C@@H]1[C@@H]2C=C[C@H](O)[C@@H]3O5. The summed E-state index contributed by atoms with van der Waals surface area (Å²) < 4.78 is 6.94. The quantitative estimate of drug-likeness (QED) is 0.617. The number of nitrogens with two attached hydrogens (primary N) is 1. The number of hydrogen-bond donors (Lipinski definition) is 3. The average molecular weight is 357 g/mol. The maximum Gasteiger partial charge on any atom is 0.181 e. The van der Waals surface area contributed by atoms with Gasteiger partial charge in [0, 0.05) is 22.9 Å². The summed E-state index contributed by atoms with van der Waals surface area (Å²) in [7, 11) is 2.17. The van der Waals surface area contributed by atoms with Crippen LogP contribution in [0.5, 0.6) is 11.5 Å². The number of nitrogens with zero attached hydrogens (tertiary/aromatic N) is 2. The Bertz CT molecular complexity index is 970. The van der Waals surface area contributed by atoms with Gasteiger partial charge in [-0.05, 0) is 32.0 Å². The van der Waals surface area contributed by atoms with E-state index in [1.807, 2.05) is 6.08 Å². The van der Waals surface area contributed by atoms with Gasteiger partial charge in [-0.15, -0.1) is 0 Å². The summed E-state index contributed by atoms with van der Waals surface area (Å²) in [4.78, 5) is 6.94. The van der Waals surface area contributed by atoms with Crippen LogP contribution in [0.4, 0.5) is 5.13 Å². The Hall–Kier alpha value is -1.83. The molecule has 1 saturated heterocycles. The number of aliphatic hydroxyl groups is 1. The topological polar surface area (TPSA) is 91.8 Å². The van der Waals surface area contributed by atoms with E-state index >= 15 is 0 Å². The molecule has 2 aliphatic carbocycles. The molecule has 130 valence electrons. The Morgan fingerprint density at radius 1 is 1.44 bits per heavy atom. The summed E-state index contributed by atoms with van der Waals surface area (Å²) in [6.07, 6.45) is 4.80. The fourth-order valence-corrected chi connectivity index (χ4v) is 6.60. The molecule has 4 aliphatic rings. The molecule has 5 atom stereocenters. The summed E-state index contributed by atoms with van der Waals surface area (Å²) in [6.45, 7) is 0.957. The van der Waals surface area contributed by atoms with Crippen molar-refractivity contribution in [2.24, 2.45) is 5.92 Å². The van der Waals surface area contributed by atoms with Gasteiger partial charge in [-0.3, -0.25) is 0 Å². The molecule has 1 spiro atoms. The van der Waals surface area contributed by atoms with E-state index in [1.165, 1.54) is 11.3 Å². The van der Waals surface area contributed by atoms with Crippen LogP contribution in [0.25, 0.3) is 10.2 Å². The maximum absolute atomic E-state index is 10.9. The van der Waals surface area contributed by atoms with Gasteiger partial charge in [0.05, 0.1) is 5.52 Å². The van der Waals surface area contributed by atoms with E-state index in [9.17, 15) is 10.2 Å². The molecule has 4 N–H and O–H groups in total. The average Bonchev–Trinajstić information content (AvgIpc) is 3.14. The van der Waals surface area contributed by atoms with Crippen molar-refractivity contribution in [2.45, 2.75) is 36.5 Å². The van der Waals surface area contributed by atoms with Gasteiger partial charge in [0.1, 0.15) is 16.9 Å². The molecule has 25 heavy (non-hydrogen) atoms. The second-order valence-electron chi connectivity index (χ2n) is 7.74. The number of anilines is 1. The number of aromatic hydroxyl groups is 1. The van der Waals surface area contributed by atoms with Crippen molar-refractivity contribution in [1.82, 2.24) is 9.88 Å². The monoisotopic (exact) mass is 357 g/mol. The number of benzene rings is 1. The second kappa shape index (κ2) is 4.28. The summed E-state index contributed by atoms with van der Waals surface area (Å²) in [5, 5.41) is 22.0. The Morgan fingerprint density at radius 3 is 3.12 bits per heavy atom. The molecule has 3 heterocycles. The van der Waals surface area contributed by atoms with Gasteiger partial charge in [-0.25, -0.2) is 4.98 Å². The van der Waals surface area contributed by atoms with Crippen molar-refractivity contribution in [3.63, 3.8) is 0 Å². The Labute approximate surface area is 148 Å². The van der Waals surface area contributed by atoms with Gasteiger partial charge in [-0.1, -0.05) is 23.5 Å². The lowest BCUT2D eigenvalue weighted by atomic mass is 9.53. The second-order valence-corrected chi connectivity index (χ2v) is 8.77. The molecule has 2 bridgehead atoms. The van der Waals surface area contributed by atoms with Crippen LogP contribution in [-0.2, 0) is 11.8 Å². The number of piperidine rings is 1. The van der Waals surface area contributed by atoms with Gasteiger partial charge in [-0.2, -0.15) is 0 Å². The number of phenolic OH excluding ortho intramolecular Hbond substituents is 1. The molecule has 2 aliphatic heterocycles. The zero-order valence-electron chi connectivity index (χ0n) is 13.8. The minimum absolute atomic E-state index is 0.134. The lowest BCUT2D eigenvalue weighted by Gasteiger charge is -2.56. The van der Waals surface area contributed by atoms with Gasteiger partial charge in [0.25, 0.3) is 0 Å². The van der Waals surface area contributed by atoms with E-state index in [-0.39, 0.29) is 23.2 Å². The van der Waals surface area contributed by atoms with Crippen molar-refractivity contribution in [1.29, 1.82) is 0 Å². The smallest absolute Gasteiger partial charge is 0.181 e. The number of ether oxygens (including phenoxy) is 1. The lowest BCUT2D eigenvalue weighted by molar-refractivity contribution is -0.0452. The highest BCUT2D eigenvalue weighted by Gasteiger charge is 2.64. The van der Waals surface area contributed by atoms with Crippen LogP contribution in [-0.4, -0.2) is 51.9 Å². The summed E-state index contributed by atoms with van der Waals surface area (Å²) in [5.74, 6) is 0.961. The van der Waals surface area contributed by atoms with E-state index < -0.39 is 6.10 Å². The Balaban J connectivity index is 1.76. The highest BCUT2D eigenvalue weighted by molar-refractivity contribution is 7.22. The normalized spacial score (nSPS) is 38.0. The van der Waals surface area contributed by atoms with Crippen LogP contribution < -0.4 is 10.5 Å². The fraction of sp³-hybridized carbons (Fsp3) is 0.500. The fourth-order valence-electron chi connectivity index (χ4n) is 5.79. The summed E-state index contributed by atoms with van der Waals surface area (Å²) in [6, 6.07) is 0.345. The van der Waals surface area contributed by atoms with E-state index in [2.05, 4.69) is 23.0 Å². The molecule has 1 aromatic carbocycles. The zero-order valence-corrected chi connectivity index (χ0v) is 14.6. The molecular weight excluding hydrogens is 338 g/mol. The van der Waals surface area contributed by atoms with Crippen LogP contribution >= 0.6 is 11.3 Å². The van der Waals surface area contributed by atoms with Gasteiger partial charge in [0.2, 0.25) is 0 Å². The van der Waals surface area contributed by atoms with Gasteiger partial charge < -0.3 is 25.6 Å². The molecule has 0 amide bonds. The first-order chi connectivity index (χ1) is 12.0. The van der Waals surface area contributed by atoms with Crippen molar-refractivity contribution in [2.75, 3.05) is 19.3 Å². The molecule has 7 heteroatoms. The molecule has 1 fully saturated rings. The number of fused-ring (bicyclic) bond motifs is 2. The number of likely N-dealkylation sites (tertiary alicyclic amines) is 1. The third-order valence-corrected chi connectivity index (χ3v) is 7.69. The predicted octanol–water partition coefficient (Wildman–Crippen LogP) is 1.39. The molecule has 0 unspecified atom stereocenters. The van der Waals surface area contributed by atoms with Crippen molar-refractivity contribution >= 4 is 26.7 Å². The van der Waals surface area contributed by atoms with E-state index in [0.717, 1.165) is 36.0 Å². The third-order valence-electron chi connectivity index (χ3n) is 6.80. The first kappa shape index (κ1) is 14.4. The first-order valence-electron chi connectivity index (χ1n) is 8.70. The molecule has 6 rings (SSSR count). The maximum atomic E-state index is 10.9. The van der Waals surface area contributed by atoms with Crippen LogP contribution in [0.15, 0.2) is 12.2 Å². The third kappa shape index (κ3) is 1.44. The minimum atomic E-state index is -0.658. The molecular formula is C18H19N3O3S. The van der Waals surface area contributed by atoms with Gasteiger partial charge in [0.15, 0.2) is 16.6 Å². The zero-order chi connectivity index (χ0) is 17.1. The highest BCUT2D eigenvalue weighted by atomic mass is 32.1. The van der Waals surface area contributed by atoms with Crippen LogP contribution in [0.3, 0.4) is 0 Å². The number of phenols is 1. The molecule has 6 nitrogen and oxygen atoms in total. The van der Waals surface area contributed by atoms with E-state index in [0.29, 0.717) is 21.6 Å². The molecule has 0 saturated carbocycles. The number of hydrogen-bond acceptors (Lipinski definition) is 7. The molecule has 0 radical (unpaired) electrons. The predicted molar refractivity (Wildman–Crippen MR) is 95.2 cm³/mol. The van der Waals surface area contributed by atoms with Crippen LogP contribution in [0.2, 0.25) is 0 Å². The number of nitrogen functional groups attached to an aromatic ring is 1. The number of thiazole rings is 1. The largest absolute Gasteiger partial charge is 0.503 e.